The largest absolute Gasteiger partial charge is 0.384 e. The minimum atomic E-state index is -1.02. The van der Waals surface area contributed by atoms with Crippen LogP contribution in [0.1, 0.15) is 44.2 Å². The molecule has 0 radical (unpaired) electrons. The summed E-state index contributed by atoms with van der Waals surface area (Å²) in [5.74, 6) is -0.287. The highest BCUT2D eigenvalue weighted by Gasteiger charge is 2.28. The number of aliphatic hydroxyl groups excluding tert-OH is 1. The van der Waals surface area contributed by atoms with Crippen molar-refractivity contribution < 1.29 is 14.3 Å². The minimum Gasteiger partial charge on any atom is -0.384 e. The zero-order valence-electron chi connectivity index (χ0n) is 11.1. The molecule has 4 heteroatoms. The zero-order valence-corrected chi connectivity index (χ0v) is 11.1. The summed E-state index contributed by atoms with van der Waals surface area (Å²) in [6.45, 7) is 1.45. The number of aliphatic hydroxyl groups is 1. The summed E-state index contributed by atoms with van der Waals surface area (Å²) in [5.41, 5.74) is 0.905. The van der Waals surface area contributed by atoms with Crippen LogP contribution in [0.2, 0.25) is 0 Å². The SMILES string of the molecule is CC(O)C(=O)NC(c1ccc(F)cc1)C1CCCC1. The molecule has 1 aromatic rings. The van der Waals surface area contributed by atoms with Gasteiger partial charge in [-0.3, -0.25) is 4.79 Å². The van der Waals surface area contributed by atoms with Gasteiger partial charge in [-0.2, -0.15) is 0 Å². The summed E-state index contributed by atoms with van der Waals surface area (Å²) in [7, 11) is 0. The standard InChI is InChI=1S/C15H20FNO2/c1-10(18)15(19)17-14(11-4-2-3-5-11)12-6-8-13(16)9-7-12/h6-11,14,18H,2-5H2,1H3,(H,17,19). The highest BCUT2D eigenvalue weighted by atomic mass is 19.1. The van der Waals surface area contributed by atoms with E-state index in [-0.39, 0.29) is 17.8 Å². The number of amides is 1. The lowest BCUT2D eigenvalue weighted by Crippen LogP contribution is -2.38. The van der Waals surface area contributed by atoms with Gasteiger partial charge in [0.1, 0.15) is 11.9 Å². The fourth-order valence-electron chi connectivity index (χ4n) is 2.71. The third-order valence-corrected chi connectivity index (χ3v) is 3.78. The van der Waals surface area contributed by atoms with Gasteiger partial charge in [-0.1, -0.05) is 25.0 Å². The van der Waals surface area contributed by atoms with Crippen molar-refractivity contribution in [3.63, 3.8) is 0 Å². The van der Waals surface area contributed by atoms with Crippen LogP contribution in [-0.4, -0.2) is 17.1 Å². The van der Waals surface area contributed by atoms with Crippen molar-refractivity contribution >= 4 is 5.91 Å². The number of carbonyl (C=O) groups excluding carboxylic acids is 1. The highest BCUT2D eigenvalue weighted by Crippen LogP contribution is 2.35. The highest BCUT2D eigenvalue weighted by molar-refractivity contribution is 5.80. The second-order valence-electron chi connectivity index (χ2n) is 5.26. The van der Waals surface area contributed by atoms with E-state index in [1.54, 1.807) is 12.1 Å². The molecule has 0 bridgehead atoms. The fraction of sp³-hybridized carbons (Fsp3) is 0.533. The van der Waals surface area contributed by atoms with Gasteiger partial charge in [0, 0.05) is 0 Å². The normalized spacial score (nSPS) is 19.1. The quantitative estimate of drug-likeness (QED) is 0.879. The molecule has 0 aromatic heterocycles. The Morgan fingerprint density at radius 1 is 1.32 bits per heavy atom. The van der Waals surface area contributed by atoms with Gasteiger partial charge in [0.05, 0.1) is 6.04 Å². The van der Waals surface area contributed by atoms with Crippen LogP contribution >= 0.6 is 0 Å². The summed E-state index contributed by atoms with van der Waals surface area (Å²) in [5, 5.41) is 12.2. The van der Waals surface area contributed by atoms with Gasteiger partial charge in [-0.25, -0.2) is 4.39 Å². The van der Waals surface area contributed by atoms with E-state index in [0.717, 1.165) is 31.2 Å². The maximum absolute atomic E-state index is 13.0. The molecule has 2 unspecified atom stereocenters. The van der Waals surface area contributed by atoms with Gasteiger partial charge in [0.15, 0.2) is 0 Å². The van der Waals surface area contributed by atoms with Gasteiger partial charge in [0.25, 0.3) is 0 Å². The Labute approximate surface area is 112 Å². The van der Waals surface area contributed by atoms with Crippen molar-refractivity contribution in [1.82, 2.24) is 5.32 Å². The molecule has 2 atom stereocenters. The topological polar surface area (TPSA) is 49.3 Å². The van der Waals surface area contributed by atoms with Gasteiger partial charge in [-0.15, -0.1) is 0 Å². The molecule has 3 nitrogen and oxygen atoms in total. The lowest BCUT2D eigenvalue weighted by molar-refractivity contribution is -0.129. The van der Waals surface area contributed by atoms with Crippen molar-refractivity contribution in [2.24, 2.45) is 5.92 Å². The zero-order chi connectivity index (χ0) is 13.8. The first-order valence-corrected chi connectivity index (χ1v) is 6.82. The third-order valence-electron chi connectivity index (χ3n) is 3.78. The van der Waals surface area contributed by atoms with Crippen LogP contribution in [0.4, 0.5) is 4.39 Å². The monoisotopic (exact) mass is 265 g/mol. The van der Waals surface area contributed by atoms with Crippen LogP contribution < -0.4 is 5.32 Å². The molecule has 104 valence electrons. The van der Waals surface area contributed by atoms with E-state index < -0.39 is 6.10 Å². The average Bonchev–Trinajstić information content (AvgIpc) is 2.90. The summed E-state index contributed by atoms with van der Waals surface area (Å²) >= 11 is 0. The van der Waals surface area contributed by atoms with Crippen LogP contribution in [0.3, 0.4) is 0 Å². The Bertz CT molecular complexity index is 424. The molecule has 1 saturated carbocycles. The molecular formula is C15H20FNO2. The van der Waals surface area contributed by atoms with E-state index >= 15 is 0 Å². The second-order valence-corrected chi connectivity index (χ2v) is 5.26. The van der Waals surface area contributed by atoms with Crippen molar-refractivity contribution in [1.29, 1.82) is 0 Å². The Kier molecular flexibility index (Phi) is 4.53. The van der Waals surface area contributed by atoms with E-state index in [2.05, 4.69) is 5.32 Å². The molecule has 0 saturated heterocycles. The molecule has 0 spiro atoms. The molecule has 1 fully saturated rings. The van der Waals surface area contributed by atoms with Crippen molar-refractivity contribution in [2.45, 2.75) is 44.8 Å². The number of carbonyl (C=O) groups is 1. The third kappa shape index (κ3) is 3.53. The summed E-state index contributed by atoms with van der Waals surface area (Å²) < 4.78 is 13.0. The van der Waals surface area contributed by atoms with E-state index in [9.17, 15) is 14.3 Å². The van der Waals surface area contributed by atoms with Gasteiger partial charge in [0.2, 0.25) is 5.91 Å². The molecular weight excluding hydrogens is 245 g/mol. The van der Waals surface area contributed by atoms with Crippen LogP contribution in [0.5, 0.6) is 0 Å². The lowest BCUT2D eigenvalue weighted by atomic mass is 9.91. The van der Waals surface area contributed by atoms with Gasteiger partial charge < -0.3 is 10.4 Å². The van der Waals surface area contributed by atoms with Crippen LogP contribution in [0.15, 0.2) is 24.3 Å². The minimum absolute atomic E-state index is 0.134. The molecule has 19 heavy (non-hydrogen) atoms. The molecule has 1 aliphatic rings. The summed E-state index contributed by atoms with van der Waals surface area (Å²) in [6, 6.07) is 6.10. The first-order chi connectivity index (χ1) is 9.08. The van der Waals surface area contributed by atoms with Crippen LogP contribution in [-0.2, 0) is 4.79 Å². The summed E-state index contributed by atoms with van der Waals surface area (Å²) in [4.78, 5) is 11.7. The second kappa shape index (κ2) is 6.15. The number of nitrogens with one attached hydrogen (secondary N) is 1. The molecule has 1 aliphatic carbocycles. The number of halogens is 1. The fourth-order valence-corrected chi connectivity index (χ4v) is 2.71. The lowest BCUT2D eigenvalue weighted by Gasteiger charge is -2.26. The van der Waals surface area contributed by atoms with E-state index in [1.165, 1.54) is 19.1 Å². The van der Waals surface area contributed by atoms with E-state index in [1.807, 2.05) is 0 Å². The number of hydrogen-bond donors (Lipinski definition) is 2. The molecule has 2 N–H and O–H groups in total. The Morgan fingerprint density at radius 3 is 2.42 bits per heavy atom. The number of rotatable bonds is 4. The van der Waals surface area contributed by atoms with Crippen molar-refractivity contribution in [3.8, 4) is 0 Å². The smallest absolute Gasteiger partial charge is 0.249 e. The Hall–Kier alpha value is -1.42. The average molecular weight is 265 g/mol. The summed E-state index contributed by atoms with van der Waals surface area (Å²) in [6.07, 6.45) is 3.41. The van der Waals surface area contributed by atoms with E-state index in [0.29, 0.717) is 5.92 Å². The molecule has 0 aliphatic heterocycles. The predicted octanol–water partition coefficient (Wildman–Crippen LogP) is 2.55. The van der Waals surface area contributed by atoms with E-state index in [4.69, 9.17) is 0 Å². The molecule has 1 aromatic carbocycles. The van der Waals surface area contributed by atoms with Crippen LogP contribution in [0.25, 0.3) is 0 Å². The molecule has 1 amide bonds. The van der Waals surface area contributed by atoms with Crippen LogP contribution in [0, 0.1) is 11.7 Å². The number of benzene rings is 1. The molecule has 2 rings (SSSR count). The molecule has 0 heterocycles. The van der Waals surface area contributed by atoms with Gasteiger partial charge in [-0.05, 0) is 43.4 Å². The number of hydrogen-bond acceptors (Lipinski definition) is 2. The predicted molar refractivity (Wildman–Crippen MR) is 70.9 cm³/mol. The van der Waals surface area contributed by atoms with Crippen molar-refractivity contribution in [2.75, 3.05) is 0 Å². The Balaban J connectivity index is 2.18. The van der Waals surface area contributed by atoms with Gasteiger partial charge >= 0.3 is 0 Å². The van der Waals surface area contributed by atoms with Crippen molar-refractivity contribution in [3.05, 3.63) is 35.6 Å². The first-order valence-electron chi connectivity index (χ1n) is 6.82. The first kappa shape index (κ1) is 14.0. The Morgan fingerprint density at radius 2 is 1.89 bits per heavy atom. The maximum atomic E-state index is 13.0. The maximum Gasteiger partial charge on any atom is 0.249 e.